The molecule has 0 N–H and O–H groups in total. The SMILES string of the molecule is [2H]c1c([2H])c([2H])c(-c2ccc(N(c3cccc(-c4cccc5c4oc4c6ccccc6n(-c6ccccc6)c54)c3)c3c([2H])c([2H])c([2H])c([2H])c3[2H])cc2)c([2H])c1[2H].[2H]c1c([2H])c([2H])c(-c2ccc(N(c3cccc(-c4cccc5c4oc4c6ccccc6n(-c6ccccc6)c54)c3)c3cccc4oc5ccccc5c34)cc2)c([2H])c1[2H].c1ccc(N(c2ccccc2)c2cccc3c2sc2c4ccccc4n(-c4ccccc4)c32)cc1. The van der Waals surface area contributed by atoms with Crippen molar-refractivity contribution in [2.75, 3.05) is 14.7 Å². The first-order chi connectivity index (χ1) is 73.7. The molecule has 9 nitrogen and oxygen atoms in total. The van der Waals surface area contributed by atoms with Crippen molar-refractivity contribution in [3.05, 3.63) is 509 Å². The van der Waals surface area contributed by atoms with E-state index in [9.17, 15) is 0 Å². The van der Waals surface area contributed by atoms with Gasteiger partial charge in [0.2, 0.25) is 0 Å². The monoisotopic (exact) mass is 1780 g/mol. The molecule has 0 aliphatic rings. The maximum atomic E-state index is 8.95. The minimum Gasteiger partial charge on any atom is -0.456 e. The maximum absolute atomic E-state index is 8.95. The van der Waals surface area contributed by atoms with Crippen molar-refractivity contribution >= 4 is 182 Å². The van der Waals surface area contributed by atoms with Crippen LogP contribution in [0, 0.1) is 0 Å². The molecule has 0 fully saturated rings. The van der Waals surface area contributed by atoms with E-state index in [-0.39, 0.29) is 53.1 Å². The standard InChI is InChI=1S/C50H32N2O2.C44H30N2O.C32H22N2S/c1-3-14-33(15-4-1)34-28-30-37(31-29-34)51(44-25-13-27-46-47(44)41-21-8-10-26-45(41)53-46)38-19-11-16-35(32-38)39-22-12-23-42-48-50(54-49(39)42)40-20-7-9-24-43(40)52(48)36-17-5-2-6-18-36;1-4-14-31(15-5-1)32-26-28-36(29-27-32)45(34-17-6-2-7-18-34)37-21-12-16-33(30-37)38-23-13-24-40-42-44(47-43(38)40)39-22-10-11-25-41(39)46(42)35-19-8-3-9-20-35;1-4-13-23(14-5-1)33(24-15-6-2-7-16-24)29-22-12-20-27-30-32(35-31(27)29)26-19-10-11-21-28(26)34(30)25-17-8-3-9-18-25/h1-32H;1-30H;1-22H/i1D,3D,4D,14D,15D;1D,2D,4D,5D,6D,7D,14D,15D,17D,18D;. The topological polar surface area (TPSA) is 63.9 Å². The van der Waals surface area contributed by atoms with Crippen LogP contribution in [0.25, 0.3) is 181 Å². The Morgan fingerprint density at radius 2 is 0.574 bits per heavy atom. The van der Waals surface area contributed by atoms with E-state index in [1.54, 1.807) is 35.2 Å². The Hall–Kier alpha value is -18.0. The number of furan rings is 3. The van der Waals surface area contributed by atoms with Gasteiger partial charge in [-0.15, -0.1) is 11.3 Å². The Kier molecular flexibility index (Phi) is 16.6. The molecule has 0 saturated carbocycles. The van der Waals surface area contributed by atoms with Crippen molar-refractivity contribution in [3.8, 4) is 61.6 Å². The molecule has 7 aromatic heterocycles. The molecule has 0 aliphatic carbocycles. The zero-order chi connectivity index (χ0) is 103. The van der Waals surface area contributed by atoms with Crippen molar-refractivity contribution in [1.82, 2.24) is 13.7 Å². The summed E-state index contributed by atoms with van der Waals surface area (Å²) in [6.45, 7) is 0. The van der Waals surface area contributed by atoms with Crippen molar-refractivity contribution in [2.45, 2.75) is 0 Å². The third kappa shape index (κ3) is 14.1. The molecule has 0 saturated heterocycles. The van der Waals surface area contributed by atoms with E-state index < -0.39 is 54.4 Å². The smallest absolute Gasteiger partial charge is 0.161 e. The van der Waals surface area contributed by atoms with E-state index in [0.29, 0.717) is 28.1 Å². The van der Waals surface area contributed by atoms with E-state index in [2.05, 4.69) is 266 Å². The van der Waals surface area contributed by atoms with Crippen LogP contribution < -0.4 is 14.7 Å². The van der Waals surface area contributed by atoms with Gasteiger partial charge < -0.3 is 41.7 Å². The van der Waals surface area contributed by atoms with Gasteiger partial charge in [0.1, 0.15) is 33.4 Å². The van der Waals surface area contributed by atoms with Gasteiger partial charge in [0.25, 0.3) is 0 Å². The van der Waals surface area contributed by atoms with Crippen LogP contribution in [0.15, 0.2) is 522 Å². The molecule has 7 heterocycles. The first kappa shape index (κ1) is 65.6. The fourth-order valence-corrected chi connectivity index (χ4v) is 20.6. The lowest BCUT2D eigenvalue weighted by Gasteiger charge is -2.27. The van der Waals surface area contributed by atoms with Crippen LogP contribution in [-0.4, -0.2) is 13.7 Å². The van der Waals surface area contributed by atoms with Crippen LogP contribution in [0.2, 0.25) is 0 Å². The van der Waals surface area contributed by atoms with Crippen molar-refractivity contribution in [1.29, 1.82) is 0 Å². The van der Waals surface area contributed by atoms with Crippen molar-refractivity contribution < 1.29 is 33.8 Å². The number of benzene rings is 20. The lowest BCUT2D eigenvalue weighted by Crippen LogP contribution is -2.10. The third-order valence-corrected chi connectivity index (χ3v) is 26.4. The van der Waals surface area contributed by atoms with Crippen LogP contribution in [0.3, 0.4) is 0 Å². The highest BCUT2D eigenvalue weighted by atomic mass is 32.1. The van der Waals surface area contributed by atoms with Gasteiger partial charge in [0.15, 0.2) is 11.2 Å². The lowest BCUT2D eigenvalue weighted by molar-refractivity contribution is 0.669. The average molecular weight is 1780 g/mol. The zero-order valence-electron chi connectivity index (χ0n) is 87.7. The number of aromatic nitrogens is 3. The molecule has 0 bridgehead atoms. The fraction of sp³-hybridized carbons (Fsp3) is 0. The number of fused-ring (bicyclic) bond motifs is 18. The summed E-state index contributed by atoms with van der Waals surface area (Å²) in [6, 6.07) is 134. The molecule has 27 aromatic rings. The normalized spacial score (nSPS) is 13.1. The molecule has 642 valence electrons. The Morgan fingerprint density at radius 1 is 0.213 bits per heavy atom. The third-order valence-electron chi connectivity index (χ3n) is 25.2. The van der Waals surface area contributed by atoms with Gasteiger partial charge in [0.05, 0.1) is 68.8 Å². The van der Waals surface area contributed by atoms with Crippen LogP contribution >= 0.6 is 11.3 Å². The van der Waals surface area contributed by atoms with Gasteiger partial charge in [-0.25, -0.2) is 0 Å². The molecule has 27 rings (SSSR count). The Labute approximate surface area is 809 Å². The van der Waals surface area contributed by atoms with Gasteiger partial charge in [-0.2, -0.15) is 0 Å². The molecule has 20 aromatic carbocycles. The molecule has 10 heteroatoms. The maximum Gasteiger partial charge on any atom is 0.161 e. The molecule has 0 unspecified atom stereocenters. The molecule has 136 heavy (non-hydrogen) atoms. The van der Waals surface area contributed by atoms with Crippen LogP contribution in [-0.2, 0) is 0 Å². The second-order valence-electron chi connectivity index (χ2n) is 33.0. The van der Waals surface area contributed by atoms with E-state index in [1.807, 2.05) is 157 Å². The number of para-hydroxylation sites is 12. The van der Waals surface area contributed by atoms with E-state index in [1.165, 1.54) is 42.6 Å². The molecule has 0 amide bonds. The molecule has 0 radical (unpaired) electrons. The van der Waals surface area contributed by atoms with E-state index in [4.69, 9.17) is 33.8 Å². The summed E-state index contributed by atoms with van der Waals surface area (Å²) in [5, 5.41) is 8.42. The average Bonchev–Trinajstić information content (AvgIpc) is 1.56. The molecular weight excluding hydrogens is 1680 g/mol. The van der Waals surface area contributed by atoms with Gasteiger partial charge in [-0.3, -0.25) is 0 Å². The number of anilines is 9. The summed E-state index contributed by atoms with van der Waals surface area (Å²) >= 11 is 1.89. The Balaban J connectivity index is 0.000000121. The molecule has 0 aliphatic heterocycles. The van der Waals surface area contributed by atoms with Crippen LogP contribution in [0.4, 0.5) is 51.2 Å². The first-order valence-electron chi connectivity index (χ1n) is 52.3. The highest BCUT2D eigenvalue weighted by Gasteiger charge is 2.29. The Morgan fingerprint density at radius 3 is 1.09 bits per heavy atom. The van der Waals surface area contributed by atoms with E-state index in [0.717, 1.165) is 144 Å². The minimum absolute atomic E-state index is 0.0239. The van der Waals surface area contributed by atoms with Gasteiger partial charge >= 0.3 is 0 Å². The summed E-state index contributed by atoms with van der Waals surface area (Å²) in [6.07, 6.45) is 0. The predicted molar refractivity (Wildman–Crippen MR) is 570 cm³/mol. The summed E-state index contributed by atoms with van der Waals surface area (Å²) < 4.78 is 156. The predicted octanol–water partition coefficient (Wildman–Crippen LogP) is 36.0. The van der Waals surface area contributed by atoms with Crippen LogP contribution in [0.1, 0.15) is 20.6 Å². The second kappa shape index (κ2) is 34.4. The molecule has 0 atom stereocenters. The van der Waals surface area contributed by atoms with E-state index >= 15 is 0 Å². The number of hydrogen-bond acceptors (Lipinski definition) is 7. The Bertz CT molecular complexity index is 9990. The summed E-state index contributed by atoms with van der Waals surface area (Å²) in [7, 11) is 0. The summed E-state index contributed by atoms with van der Waals surface area (Å²) in [5.74, 6) is 0. The fourth-order valence-electron chi connectivity index (χ4n) is 19.3. The number of thiophene rings is 1. The van der Waals surface area contributed by atoms with Crippen LogP contribution in [0.5, 0.6) is 0 Å². The van der Waals surface area contributed by atoms with Gasteiger partial charge in [-0.05, 0) is 221 Å². The molecular formula is C126H84N6O3S. The quantitative estimate of drug-likeness (QED) is 0.0961. The van der Waals surface area contributed by atoms with Crippen molar-refractivity contribution in [3.63, 3.8) is 0 Å². The highest BCUT2D eigenvalue weighted by Crippen LogP contribution is 2.52. The largest absolute Gasteiger partial charge is 0.456 e. The first-order valence-corrected chi connectivity index (χ1v) is 45.6. The minimum atomic E-state index is -0.525. The second-order valence-corrected chi connectivity index (χ2v) is 34.0. The number of nitrogens with zero attached hydrogens (tertiary/aromatic N) is 6. The zero-order valence-corrected chi connectivity index (χ0v) is 73.5. The van der Waals surface area contributed by atoms with Gasteiger partial charge in [0, 0.05) is 106 Å². The van der Waals surface area contributed by atoms with Crippen molar-refractivity contribution in [2.24, 2.45) is 0 Å². The number of rotatable bonds is 16. The molecule has 0 spiro atoms. The summed E-state index contributed by atoms with van der Waals surface area (Å²) in [5.41, 5.74) is 25.8. The number of hydrogen-bond donors (Lipinski definition) is 0. The van der Waals surface area contributed by atoms with Gasteiger partial charge in [-0.1, -0.05) is 321 Å². The summed E-state index contributed by atoms with van der Waals surface area (Å²) in [4.78, 5) is 6.12. The highest BCUT2D eigenvalue weighted by molar-refractivity contribution is 7.27. The lowest BCUT2D eigenvalue weighted by atomic mass is 10.0.